The minimum Gasteiger partial charge on any atom is -0.490 e. The van der Waals surface area contributed by atoms with E-state index < -0.39 is 10.0 Å². The molecule has 1 amide bonds. The third-order valence-electron chi connectivity index (χ3n) is 6.00. The van der Waals surface area contributed by atoms with Crippen molar-refractivity contribution >= 4 is 33.2 Å². The summed E-state index contributed by atoms with van der Waals surface area (Å²) in [6.45, 7) is 1.57. The number of halogens is 1. The van der Waals surface area contributed by atoms with Gasteiger partial charge in [-0.05, 0) is 54.7 Å². The quantitative estimate of drug-likeness (QED) is 0.747. The van der Waals surface area contributed by atoms with E-state index in [2.05, 4.69) is 5.32 Å². The zero-order valence-corrected chi connectivity index (χ0v) is 18.5. The summed E-state index contributed by atoms with van der Waals surface area (Å²) >= 11 is 6.41. The third kappa shape index (κ3) is 3.77. The number of hydrogen-bond acceptors (Lipinski definition) is 5. The average molecular weight is 463 g/mol. The van der Waals surface area contributed by atoms with Gasteiger partial charge in [0.2, 0.25) is 15.9 Å². The van der Waals surface area contributed by atoms with E-state index in [9.17, 15) is 13.2 Å². The van der Waals surface area contributed by atoms with Crippen LogP contribution in [-0.4, -0.2) is 38.4 Å². The molecular formula is C22H23ClN2O5S. The molecule has 0 spiro atoms. The molecule has 7 nitrogen and oxygen atoms in total. The number of fused-ring (bicyclic) bond motifs is 2. The predicted molar refractivity (Wildman–Crippen MR) is 116 cm³/mol. The number of sulfonamides is 1. The van der Waals surface area contributed by atoms with Gasteiger partial charge in [0.25, 0.3) is 0 Å². The van der Waals surface area contributed by atoms with E-state index in [1.165, 1.54) is 10.4 Å². The normalized spacial score (nSPS) is 21.3. The van der Waals surface area contributed by atoms with Crippen molar-refractivity contribution < 1.29 is 22.7 Å². The van der Waals surface area contributed by atoms with Crippen molar-refractivity contribution in [3.05, 3.63) is 46.5 Å². The molecular weight excluding hydrogens is 440 g/mol. The Labute approximate surface area is 186 Å². The number of nitrogens with zero attached hydrogens (tertiary/aromatic N) is 1. The van der Waals surface area contributed by atoms with E-state index in [0.717, 1.165) is 24.0 Å². The maximum absolute atomic E-state index is 13.6. The number of ether oxygens (including phenoxy) is 2. The average Bonchev–Trinajstić information content (AvgIpc) is 3.13. The summed E-state index contributed by atoms with van der Waals surface area (Å²) in [5.74, 6) is 1.21. The molecule has 164 valence electrons. The molecule has 1 fully saturated rings. The molecule has 0 bridgehead atoms. The van der Waals surface area contributed by atoms with Gasteiger partial charge in [0.15, 0.2) is 11.5 Å². The first-order valence-electron chi connectivity index (χ1n) is 10.5. The van der Waals surface area contributed by atoms with Crippen LogP contribution in [0.4, 0.5) is 5.69 Å². The van der Waals surface area contributed by atoms with E-state index in [1.807, 2.05) is 18.2 Å². The van der Waals surface area contributed by atoms with Crippen LogP contribution in [0.15, 0.2) is 35.2 Å². The lowest BCUT2D eigenvalue weighted by Gasteiger charge is -2.26. The summed E-state index contributed by atoms with van der Waals surface area (Å²) in [5.41, 5.74) is 2.24. The van der Waals surface area contributed by atoms with Gasteiger partial charge >= 0.3 is 0 Å². The molecule has 5 rings (SSSR count). The standard InChI is InChI=1S/C22H23ClN2O5S/c23-16-11-14-5-7-22(26)24-17(14)13-21(16)31(27,28)25-8-1-3-18(25)15-4-6-19-20(12-15)30-10-2-9-29-19/h4,6,11-13,18H,1-3,5,7-10H2,(H,24,26). The van der Waals surface area contributed by atoms with Gasteiger partial charge in [-0.15, -0.1) is 0 Å². The summed E-state index contributed by atoms with van der Waals surface area (Å²) in [5, 5.41) is 2.94. The van der Waals surface area contributed by atoms with Crippen LogP contribution in [0.2, 0.25) is 5.02 Å². The van der Waals surface area contributed by atoms with Crippen LogP contribution in [0, 0.1) is 0 Å². The lowest BCUT2D eigenvalue weighted by atomic mass is 10.0. The highest BCUT2D eigenvalue weighted by Gasteiger charge is 2.38. The van der Waals surface area contributed by atoms with E-state index in [-0.39, 0.29) is 21.9 Å². The molecule has 3 heterocycles. The summed E-state index contributed by atoms with van der Waals surface area (Å²) in [4.78, 5) is 11.8. The van der Waals surface area contributed by atoms with Gasteiger partial charge in [-0.25, -0.2) is 8.42 Å². The first-order valence-corrected chi connectivity index (χ1v) is 12.3. The molecule has 0 radical (unpaired) electrons. The summed E-state index contributed by atoms with van der Waals surface area (Å²) in [6.07, 6.45) is 3.18. The largest absolute Gasteiger partial charge is 0.490 e. The van der Waals surface area contributed by atoms with Crippen LogP contribution >= 0.6 is 11.6 Å². The van der Waals surface area contributed by atoms with E-state index in [1.54, 1.807) is 6.07 Å². The Bertz CT molecular complexity index is 1150. The fourth-order valence-electron chi connectivity index (χ4n) is 4.45. The van der Waals surface area contributed by atoms with Gasteiger partial charge in [-0.1, -0.05) is 17.7 Å². The van der Waals surface area contributed by atoms with Crippen molar-refractivity contribution in [2.45, 2.75) is 43.0 Å². The first kappa shape index (κ1) is 20.6. The zero-order valence-electron chi connectivity index (χ0n) is 16.9. The van der Waals surface area contributed by atoms with Crippen molar-refractivity contribution in [2.75, 3.05) is 25.1 Å². The molecule has 2 aromatic rings. The molecule has 1 N–H and O–H groups in total. The number of rotatable bonds is 3. The SMILES string of the molecule is O=C1CCc2cc(Cl)c(S(=O)(=O)N3CCCC3c3ccc4c(c3)OCCCO4)cc2N1. The molecule has 1 saturated heterocycles. The molecule has 0 aliphatic carbocycles. The fraction of sp³-hybridized carbons (Fsp3) is 0.409. The van der Waals surface area contributed by atoms with Crippen molar-refractivity contribution in [1.82, 2.24) is 4.31 Å². The van der Waals surface area contributed by atoms with Crippen LogP contribution in [0.25, 0.3) is 0 Å². The Kier molecular flexibility index (Phi) is 5.32. The minimum absolute atomic E-state index is 0.0244. The van der Waals surface area contributed by atoms with Crippen LogP contribution in [0.1, 0.15) is 42.9 Å². The fourth-order valence-corrected chi connectivity index (χ4v) is 6.69. The molecule has 0 aromatic heterocycles. The number of carbonyl (C=O) groups excluding carboxylic acids is 1. The number of benzene rings is 2. The Morgan fingerprint density at radius 2 is 1.84 bits per heavy atom. The topological polar surface area (TPSA) is 84.9 Å². The Hall–Kier alpha value is -2.29. The second-order valence-electron chi connectivity index (χ2n) is 8.02. The van der Waals surface area contributed by atoms with Crippen molar-refractivity contribution in [3.8, 4) is 11.5 Å². The molecule has 31 heavy (non-hydrogen) atoms. The highest BCUT2D eigenvalue weighted by atomic mass is 35.5. The molecule has 0 saturated carbocycles. The van der Waals surface area contributed by atoms with Crippen molar-refractivity contribution in [2.24, 2.45) is 0 Å². The van der Waals surface area contributed by atoms with Gasteiger partial charge in [0.1, 0.15) is 4.90 Å². The molecule has 1 atom stereocenters. The Morgan fingerprint density at radius 3 is 2.68 bits per heavy atom. The molecule has 3 aliphatic heterocycles. The number of anilines is 1. The van der Waals surface area contributed by atoms with Gasteiger partial charge in [-0.3, -0.25) is 4.79 Å². The summed E-state index contributed by atoms with van der Waals surface area (Å²) in [7, 11) is -3.87. The van der Waals surface area contributed by atoms with E-state index >= 15 is 0 Å². The van der Waals surface area contributed by atoms with Crippen LogP contribution in [0.5, 0.6) is 11.5 Å². The maximum Gasteiger partial charge on any atom is 0.245 e. The number of nitrogens with one attached hydrogen (secondary N) is 1. The van der Waals surface area contributed by atoms with Crippen molar-refractivity contribution in [3.63, 3.8) is 0 Å². The second kappa shape index (κ2) is 8.00. The highest BCUT2D eigenvalue weighted by molar-refractivity contribution is 7.89. The maximum atomic E-state index is 13.6. The number of carbonyl (C=O) groups is 1. The zero-order chi connectivity index (χ0) is 21.6. The molecule has 9 heteroatoms. The Morgan fingerprint density at radius 1 is 1.03 bits per heavy atom. The summed E-state index contributed by atoms with van der Waals surface area (Å²) < 4.78 is 40.2. The van der Waals surface area contributed by atoms with Crippen LogP contribution in [0.3, 0.4) is 0 Å². The van der Waals surface area contributed by atoms with E-state index in [4.69, 9.17) is 21.1 Å². The van der Waals surface area contributed by atoms with Gasteiger partial charge in [-0.2, -0.15) is 4.31 Å². The summed E-state index contributed by atoms with van der Waals surface area (Å²) in [6, 6.07) is 8.47. The van der Waals surface area contributed by atoms with Crippen LogP contribution in [-0.2, 0) is 21.2 Å². The predicted octanol–water partition coefficient (Wildman–Crippen LogP) is 3.91. The molecule has 2 aromatic carbocycles. The Balaban J connectivity index is 1.50. The van der Waals surface area contributed by atoms with Gasteiger partial charge in [0, 0.05) is 25.1 Å². The smallest absolute Gasteiger partial charge is 0.245 e. The highest BCUT2D eigenvalue weighted by Crippen LogP contribution is 2.42. The monoisotopic (exact) mass is 462 g/mol. The van der Waals surface area contributed by atoms with Crippen molar-refractivity contribution in [1.29, 1.82) is 0 Å². The van der Waals surface area contributed by atoms with Gasteiger partial charge < -0.3 is 14.8 Å². The third-order valence-corrected chi connectivity index (χ3v) is 8.37. The van der Waals surface area contributed by atoms with E-state index in [0.29, 0.717) is 56.2 Å². The number of amides is 1. The minimum atomic E-state index is -3.87. The second-order valence-corrected chi connectivity index (χ2v) is 10.3. The lowest BCUT2D eigenvalue weighted by molar-refractivity contribution is -0.116. The number of hydrogen-bond donors (Lipinski definition) is 1. The van der Waals surface area contributed by atoms with Gasteiger partial charge in [0.05, 0.1) is 24.3 Å². The molecule has 3 aliphatic rings. The first-order chi connectivity index (χ1) is 14.9. The molecule has 1 unspecified atom stereocenters. The van der Waals surface area contributed by atoms with Crippen LogP contribution < -0.4 is 14.8 Å². The lowest BCUT2D eigenvalue weighted by Crippen LogP contribution is -2.31. The number of aryl methyl sites for hydroxylation is 1.